The maximum Gasteiger partial charge on any atom is 0.227 e. The highest BCUT2D eigenvalue weighted by Crippen LogP contribution is 2.33. The van der Waals surface area contributed by atoms with Crippen LogP contribution in [0.15, 0.2) is 10.7 Å². The third kappa shape index (κ3) is 3.77. The van der Waals surface area contributed by atoms with E-state index in [0.29, 0.717) is 6.42 Å². The smallest absolute Gasteiger partial charge is 0.227 e. The molecular weight excluding hydrogens is 330 g/mol. The third-order valence-corrected chi connectivity index (χ3v) is 4.90. The van der Waals surface area contributed by atoms with Gasteiger partial charge in [0.05, 0.1) is 23.9 Å². The van der Waals surface area contributed by atoms with Crippen LogP contribution in [0.1, 0.15) is 53.0 Å². The van der Waals surface area contributed by atoms with Crippen molar-refractivity contribution in [3.8, 4) is 0 Å². The van der Waals surface area contributed by atoms with Gasteiger partial charge in [0.15, 0.2) is 0 Å². The fourth-order valence-electron chi connectivity index (χ4n) is 3.62. The van der Waals surface area contributed by atoms with Crippen LogP contribution in [0.4, 0.5) is 0 Å². The molecule has 0 N–H and O–H groups in total. The van der Waals surface area contributed by atoms with E-state index in [2.05, 4.69) is 15.0 Å². The monoisotopic (exact) mass is 357 g/mol. The predicted molar refractivity (Wildman–Crippen MR) is 97.5 cm³/mol. The lowest BCUT2D eigenvalue weighted by atomic mass is 10.0. The summed E-state index contributed by atoms with van der Waals surface area (Å²) in [6.07, 6.45) is 4.14. The summed E-state index contributed by atoms with van der Waals surface area (Å²) in [7, 11) is 4.05. The molecule has 0 spiro atoms. The van der Waals surface area contributed by atoms with E-state index in [4.69, 9.17) is 9.51 Å². The maximum atomic E-state index is 13.0. The fourth-order valence-corrected chi connectivity index (χ4v) is 3.62. The SMILES string of the molecule is Cc1ncc(CN(C)C)c(C2CCCN2C(=O)Cc2c(C)noc2C)n1. The molecule has 1 fully saturated rings. The Morgan fingerprint density at radius 2 is 2.12 bits per heavy atom. The first-order valence-electron chi connectivity index (χ1n) is 9.05. The quantitative estimate of drug-likeness (QED) is 0.818. The second-order valence-corrected chi connectivity index (χ2v) is 7.29. The molecular formula is C19H27N5O2. The zero-order valence-electron chi connectivity index (χ0n) is 16.2. The van der Waals surface area contributed by atoms with Crippen LogP contribution in [0, 0.1) is 20.8 Å². The summed E-state index contributed by atoms with van der Waals surface area (Å²) in [6, 6.07) is 0.0135. The van der Waals surface area contributed by atoms with Crippen molar-refractivity contribution in [2.75, 3.05) is 20.6 Å². The van der Waals surface area contributed by atoms with Crippen molar-refractivity contribution in [1.82, 2.24) is 24.9 Å². The number of amides is 1. The van der Waals surface area contributed by atoms with Gasteiger partial charge in [-0.3, -0.25) is 4.79 Å². The highest BCUT2D eigenvalue weighted by Gasteiger charge is 2.33. The van der Waals surface area contributed by atoms with E-state index in [1.807, 2.05) is 46.0 Å². The minimum Gasteiger partial charge on any atom is -0.361 e. The first-order chi connectivity index (χ1) is 12.4. The van der Waals surface area contributed by atoms with Crippen LogP contribution in [0.5, 0.6) is 0 Å². The van der Waals surface area contributed by atoms with Gasteiger partial charge in [0.1, 0.15) is 11.6 Å². The Kier molecular flexibility index (Phi) is 5.36. The molecule has 1 amide bonds. The van der Waals surface area contributed by atoms with Gasteiger partial charge in [0.2, 0.25) is 5.91 Å². The second kappa shape index (κ2) is 7.53. The van der Waals surface area contributed by atoms with E-state index in [1.165, 1.54) is 0 Å². The molecule has 1 saturated heterocycles. The van der Waals surface area contributed by atoms with Gasteiger partial charge in [0.25, 0.3) is 0 Å². The normalized spacial score (nSPS) is 17.3. The molecule has 1 aliphatic rings. The molecule has 1 unspecified atom stereocenters. The van der Waals surface area contributed by atoms with Crippen LogP contribution in [0.25, 0.3) is 0 Å². The first-order valence-corrected chi connectivity index (χ1v) is 9.05. The van der Waals surface area contributed by atoms with Gasteiger partial charge >= 0.3 is 0 Å². The Morgan fingerprint density at radius 1 is 1.35 bits per heavy atom. The Labute approximate surface area is 154 Å². The highest BCUT2D eigenvalue weighted by atomic mass is 16.5. The largest absolute Gasteiger partial charge is 0.361 e. The van der Waals surface area contributed by atoms with Crippen LogP contribution in [0.3, 0.4) is 0 Å². The van der Waals surface area contributed by atoms with Crippen molar-refractivity contribution < 1.29 is 9.32 Å². The summed E-state index contributed by atoms with van der Waals surface area (Å²) >= 11 is 0. The maximum absolute atomic E-state index is 13.0. The number of likely N-dealkylation sites (tertiary alicyclic amines) is 1. The van der Waals surface area contributed by atoms with Crippen molar-refractivity contribution in [1.29, 1.82) is 0 Å². The van der Waals surface area contributed by atoms with Crippen molar-refractivity contribution in [2.24, 2.45) is 0 Å². The number of aryl methyl sites for hydroxylation is 3. The van der Waals surface area contributed by atoms with E-state index in [1.54, 1.807) is 0 Å². The average molecular weight is 357 g/mol. The Bertz CT molecular complexity index is 780. The van der Waals surface area contributed by atoms with Crippen LogP contribution >= 0.6 is 0 Å². The van der Waals surface area contributed by atoms with Gasteiger partial charge in [-0.25, -0.2) is 9.97 Å². The predicted octanol–water partition coefficient (Wildman–Crippen LogP) is 2.36. The Balaban J connectivity index is 1.86. The lowest BCUT2D eigenvalue weighted by Gasteiger charge is -2.26. The van der Waals surface area contributed by atoms with Gasteiger partial charge < -0.3 is 14.3 Å². The lowest BCUT2D eigenvalue weighted by Crippen LogP contribution is -2.33. The van der Waals surface area contributed by atoms with Crippen molar-refractivity contribution in [3.05, 3.63) is 40.3 Å². The summed E-state index contributed by atoms with van der Waals surface area (Å²) in [6.45, 7) is 7.15. The first kappa shape index (κ1) is 18.5. The van der Waals surface area contributed by atoms with E-state index in [0.717, 1.165) is 60.0 Å². The Morgan fingerprint density at radius 3 is 2.77 bits per heavy atom. The summed E-state index contributed by atoms with van der Waals surface area (Å²) in [5.41, 5.74) is 3.75. The van der Waals surface area contributed by atoms with Gasteiger partial charge in [0, 0.05) is 30.4 Å². The summed E-state index contributed by atoms with van der Waals surface area (Å²) in [4.78, 5) is 26.2. The number of carbonyl (C=O) groups excluding carboxylic acids is 1. The summed E-state index contributed by atoms with van der Waals surface area (Å²) in [5.74, 6) is 1.57. The molecule has 0 radical (unpaired) electrons. The molecule has 140 valence electrons. The van der Waals surface area contributed by atoms with Gasteiger partial charge in [-0.1, -0.05) is 5.16 Å². The molecule has 2 aromatic rings. The van der Waals surface area contributed by atoms with E-state index >= 15 is 0 Å². The zero-order chi connectivity index (χ0) is 18.8. The lowest BCUT2D eigenvalue weighted by molar-refractivity contribution is -0.131. The molecule has 3 rings (SSSR count). The van der Waals surface area contributed by atoms with Gasteiger partial charge in [-0.05, 0) is 47.7 Å². The highest BCUT2D eigenvalue weighted by molar-refractivity contribution is 5.80. The Hall–Kier alpha value is -2.28. The van der Waals surface area contributed by atoms with E-state index in [9.17, 15) is 4.79 Å². The van der Waals surface area contributed by atoms with E-state index in [-0.39, 0.29) is 11.9 Å². The molecule has 26 heavy (non-hydrogen) atoms. The third-order valence-electron chi connectivity index (χ3n) is 4.90. The van der Waals surface area contributed by atoms with E-state index < -0.39 is 0 Å². The van der Waals surface area contributed by atoms with Crippen LogP contribution in [-0.4, -0.2) is 51.5 Å². The summed E-state index contributed by atoms with van der Waals surface area (Å²) in [5, 5.41) is 3.96. The fraction of sp³-hybridized carbons (Fsp3) is 0.579. The molecule has 0 bridgehead atoms. The molecule has 0 aromatic carbocycles. The minimum absolute atomic E-state index is 0.0135. The number of hydrogen-bond acceptors (Lipinski definition) is 6. The molecule has 0 saturated carbocycles. The van der Waals surface area contributed by atoms with Gasteiger partial charge in [-0.15, -0.1) is 0 Å². The zero-order valence-corrected chi connectivity index (χ0v) is 16.2. The number of rotatable bonds is 5. The average Bonchev–Trinajstić information content (AvgIpc) is 3.18. The molecule has 0 aliphatic carbocycles. The molecule has 1 aliphatic heterocycles. The number of carbonyl (C=O) groups is 1. The number of hydrogen-bond donors (Lipinski definition) is 0. The van der Waals surface area contributed by atoms with Crippen LogP contribution < -0.4 is 0 Å². The van der Waals surface area contributed by atoms with Crippen molar-refractivity contribution >= 4 is 5.91 Å². The molecule has 7 heteroatoms. The second-order valence-electron chi connectivity index (χ2n) is 7.29. The standard InChI is InChI=1S/C19H27N5O2/c1-12-16(13(2)26-22-12)9-18(25)24-8-6-7-17(24)19-15(11-23(4)5)10-20-14(3)21-19/h10,17H,6-9,11H2,1-5H3. The summed E-state index contributed by atoms with van der Waals surface area (Å²) < 4.78 is 5.20. The van der Waals surface area contributed by atoms with Gasteiger partial charge in [-0.2, -0.15) is 0 Å². The number of aromatic nitrogens is 3. The number of nitrogens with zero attached hydrogens (tertiary/aromatic N) is 5. The van der Waals surface area contributed by atoms with Crippen LogP contribution in [-0.2, 0) is 17.8 Å². The van der Waals surface area contributed by atoms with Crippen LogP contribution in [0.2, 0.25) is 0 Å². The van der Waals surface area contributed by atoms with Crippen molar-refractivity contribution in [3.63, 3.8) is 0 Å². The molecule has 3 heterocycles. The minimum atomic E-state index is 0.0135. The van der Waals surface area contributed by atoms with Crippen molar-refractivity contribution in [2.45, 2.75) is 52.6 Å². The molecule has 1 atom stereocenters. The molecule has 7 nitrogen and oxygen atoms in total. The molecule has 2 aromatic heterocycles. The topological polar surface area (TPSA) is 75.4 Å².